The summed E-state index contributed by atoms with van der Waals surface area (Å²) < 4.78 is 12.6. The van der Waals surface area contributed by atoms with E-state index in [-0.39, 0.29) is 5.75 Å². The molecule has 0 atom stereocenters. The number of ether oxygens (including phenoxy) is 2. The quantitative estimate of drug-likeness (QED) is 0.596. The molecule has 0 unspecified atom stereocenters. The monoisotopic (exact) mass is 385 g/mol. The number of rotatable bonds is 8. The Kier molecular flexibility index (Phi) is 5.97. The maximum Gasteiger partial charge on any atom is 0.313 e. The van der Waals surface area contributed by atoms with Gasteiger partial charge in [0.15, 0.2) is 22.5 Å². The second kappa shape index (κ2) is 8.59. The van der Waals surface area contributed by atoms with Crippen molar-refractivity contribution >= 4 is 17.7 Å². The summed E-state index contributed by atoms with van der Waals surface area (Å²) in [5.41, 5.74) is 1.87. The van der Waals surface area contributed by atoms with Gasteiger partial charge in [-0.25, -0.2) is 0 Å². The number of carboxylic acids is 1. The largest absolute Gasteiger partial charge is 0.493 e. The molecule has 1 heterocycles. The van der Waals surface area contributed by atoms with Crippen LogP contribution in [0.2, 0.25) is 0 Å². The van der Waals surface area contributed by atoms with Crippen molar-refractivity contribution < 1.29 is 19.4 Å². The van der Waals surface area contributed by atoms with Crippen molar-refractivity contribution in [2.75, 3.05) is 20.0 Å². The number of aromatic nitrogens is 3. The van der Waals surface area contributed by atoms with E-state index in [2.05, 4.69) is 10.2 Å². The van der Waals surface area contributed by atoms with Gasteiger partial charge in [-0.2, -0.15) is 0 Å². The number of methoxy groups -OCH3 is 2. The third-order valence-corrected chi connectivity index (χ3v) is 4.82. The van der Waals surface area contributed by atoms with Crippen molar-refractivity contribution in [1.29, 1.82) is 0 Å². The fraction of sp³-hybridized carbons (Fsp3) is 0.211. The zero-order chi connectivity index (χ0) is 19.2. The normalized spacial score (nSPS) is 10.6. The highest BCUT2D eigenvalue weighted by Gasteiger charge is 2.17. The number of benzene rings is 2. The van der Waals surface area contributed by atoms with E-state index in [0.717, 1.165) is 22.9 Å². The molecule has 0 aliphatic heterocycles. The molecule has 8 heteroatoms. The summed E-state index contributed by atoms with van der Waals surface area (Å²) in [6.45, 7) is 0.527. The Morgan fingerprint density at radius 2 is 1.81 bits per heavy atom. The molecular formula is C19H19N3O4S. The first kappa shape index (κ1) is 18.8. The summed E-state index contributed by atoms with van der Waals surface area (Å²) in [6.07, 6.45) is 0. The van der Waals surface area contributed by atoms with E-state index in [4.69, 9.17) is 14.6 Å². The Hall–Kier alpha value is -3.00. The van der Waals surface area contributed by atoms with E-state index in [0.29, 0.717) is 29.0 Å². The van der Waals surface area contributed by atoms with Gasteiger partial charge in [-0.3, -0.25) is 9.36 Å². The molecule has 0 aliphatic rings. The topological polar surface area (TPSA) is 86.5 Å². The molecule has 0 fully saturated rings. The number of hydrogen-bond acceptors (Lipinski definition) is 6. The van der Waals surface area contributed by atoms with Gasteiger partial charge in [0.25, 0.3) is 0 Å². The molecule has 7 nitrogen and oxygen atoms in total. The molecule has 0 saturated heterocycles. The van der Waals surface area contributed by atoms with Crippen LogP contribution in [0.5, 0.6) is 11.5 Å². The maximum atomic E-state index is 11.0. The van der Waals surface area contributed by atoms with Crippen LogP contribution in [-0.4, -0.2) is 45.8 Å². The SMILES string of the molecule is COc1ccc(-c2nnc(SCC(=O)O)n2Cc2ccccc2)cc1OC. The molecule has 0 aliphatic carbocycles. The number of carbonyl (C=O) groups is 1. The average molecular weight is 385 g/mol. The van der Waals surface area contributed by atoms with Crippen molar-refractivity contribution in [3.8, 4) is 22.9 Å². The summed E-state index contributed by atoms with van der Waals surface area (Å²) in [4.78, 5) is 11.0. The summed E-state index contributed by atoms with van der Waals surface area (Å²) in [6, 6.07) is 15.4. The smallest absolute Gasteiger partial charge is 0.313 e. The lowest BCUT2D eigenvalue weighted by molar-refractivity contribution is -0.133. The summed E-state index contributed by atoms with van der Waals surface area (Å²) in [7, 11) is 3.15. The molecule has 27 heavy (non-hydrogen) atoms. The predicted molar refractivity (Wildman–Crippen MR) is 102 cm³/mol. The Morgan fingerprint density at radius 3 is 2.48 bits per heavy atom. The van der Waals surface area contributed by atoms with Crippen LogP contribution in [0, 0.1) is 0 Å². The molecular weight excluding hydrogens is 366 g/mol. The molecule has 0 amide bonds. The minimum Gasteiger partial charge on any atom is -0.493 e. The third kappa shape index (κ3) is 4.40. The van der Waals surface area contributed by atoms with Gasteiger partial charge in [0.1, 0.15) is 0 Å². The van der Waals surface area contributed by atoms with Crippen LogP contribution in [0.1, 0.15) is 5.56 Å². The summed E-state index contributed by atoms with van der Waals surface area (Å²) in [5, 5.41) is 18.0. The van der Waals surface area contributed by atoms with Gasteiger partial charge < -0.3 is 14.6 Å². The zero-order valence-corrected chi connectivity index (χ0v) is 15.8. The van der Waals surface area contributed by atoms with Crippen molar-refractivity contribution in [3.63, 3.8) is 0 Å². The highest BCUT2D eigenvalue weighted by atomic mass is 32.2. The first-order valence-electron chi connectivity index (χ1n) is 8.16. The van der Waals surface area contributed by atoms with Crippen LogP contribution in [0.15, 0.2) is 53.7 Å². The highest BCUT2D eigenvalue weighted by molar-refractivity contribution is 7.99. The Labute approximate surface area is 161 Å². The highest BCUT2D eigenvalue weighted by Crippen LogP contribution is 2.33. The lowest BCUT2D eigenvalue weighted by Gasteiger charge is -2.12. The lowest BCUT2D eigenvalue weighted by Crippen LogP contribution is -2.06. The summed E-state index contributed by atoms with van der Waals surface area (Å²) in [5.74, 6) is 0.855. The van der Waals surface area contributed by atoms with Crippen molar-refractivity contribution in [2.45, 2.75) is 11.7 Å². The van der Waals surface area contributed by atoms with E-state index in [1.807, 2.05) is 47.0 Å². The number of aliphatic carboxylic acids is 1. The van der Waals surface area contributed by atoms with E-state index < -0.39 is 5.97 Å². The minimum atomic E-state index is -0.901. The van der Waals surface area contributed by atoms with Gasteiger partial charge in [0.05, 0.1) is 26.5 Å². The van der Waals surface area contributed by atoms with Crippen LogP contribution >= 0.6 is 11.8 Å². The van der Waals surface area contributed by atoms with E-state index in [1.54, 1.807) is 20.3 Å². The number of nitrogens with zero attached hydrogens (tertiary/aromatic N) is 3. The van der Waals surface area contributed by atoms with Gasteiger partial charge in [0, 0.05) is 5.56 Å². The Morgan fingerprint density at radius 1 is 1.07 bits per heavy atom. The number of hydrogen-bond donors (Lipinski definition) is 1. The number of carboxylic acid groups (broad SMARTS) is 1. The molecule has 0 spiro atoms. The van der Waals surface area contributed by atoms with E-state index in [1.165, 1.54) is 0 Å². The molecule has 3 rings (SSSR count). The fourth-order valence-electron chi connectivity index (χ4n) is 2.62. The van der Waals surface area contributed by atoms with Crippen LogP contribution in [0.25, 0.3) is 11.4 Å². The Bertz CT molecular complexity index is 928. The van der Waals surface area contributed by atoms with Crippen LogP contribution in [0.4, 0.5) is 0 Å². The van der Waals surface area contributed by atoms with Crippen LogP contribution in [0.3, 0.4) is 0 Å². The van der Waals surface area contributed by atoms with E-state index >= 15 is 0 Å². The zero-order valence-electron chi connectivity index (χ0n) is 15.0. The van der Waals surface area contributed by atoms with Crippen molar-refractivity contribution in [3.05, 3.63) is 54.1 Å². The average Bonchev–Trinajstić information content (AvgIpc) is 3.09. The molecule has 1 aromatic heterocycles. The standard InChI is InChI=1S/C19H19N3O4S/c1-25-15-9-8-14(10-16(15)26-2)18-20-21-19(27-12-17(23)24)22(18)11-13-6-4-3-5-7-13/h3-10H,11-12H2,1-2H3,(H,23,24). The molecule has 3 aromatic rings. The van der Waals surface area contributed by atoms with Gasteiger partial charge in [0.2, 0.25) is 0 Å². The second-order valence-electron chi connectivity index (χ2n) is 5.63. The maximum absolute atomic E-state index is 11.0. The van der Waals surface area contributed by atoms with Gasteiger partial charge in [-0.15, -0.1) is 10.2 Å². The molecule has 0 saturated carbocycles. The molecule has 140 valence electrons. The molecule has 0 bridgehead atoms. The van der Waals surface area contributed by atoms with Crippen LogP contribution in [-0.2, 0) is 11.3 Å². The van der Waals surface area contributed by atoms with Crippen molar-refractivity contribution in [2.24, 2.45) is 0 Å². The first-order chi connectivity index (χ1) is 13.1. The Balaban J connectivity index is 2.02. The molecule has 0 radical (unpaired) electrons. The predicted octanol–water partition coefficient (Wildman–Crippen LogP) is 3.19. The molecule has 2 aromatic carbocycles. The van der Waals surface area contributed by atoms with Gasteiger partial charge >= 0.3 is 5.97 Å². The fourth-order valence-corrected chi connectivity index (χ4v) is 3.28. The summed E-state index contributed by atoms with van der Waals surface area (Å²) >= 11 is 1.14. The van der Waals surface area contributed by atoms with Gasteiger partial charge in [-0.05, 0) is 23.8 Å². The number of thioether (sulfide) groups is 1. The molecule has 1 N–H and O–H groups in total. The second-order valence-corrected chi connectivity index (χ2v) is 6.57. The first-order valence-corrected chi connectivity index (χ1v) is 9.15. The lowest BCUT2D eigenvalue weighted by atomic mass is 10.1. The third-order valence-electron chi connectivity index (χ3n) is 3.87. The van der Waals surface area contributed by atoms with E-state index in [9.17, 15) is 4.79 Å². The van der Waals surface area contributed by atoms with Crippen LogP contribution < -0.4 is 9.47 Å². The minimum absolute atomic E-state index is 0.0845. The van der Waals surface area contributed by atoms with Crippen molar-refractivity contribution in [1.82, 2.24) is 14.8 Å². The van der Waals surface area contributed by atoms with Gasteiger partial charge in [-0.1, -0.05) is 42.1 Å².